The van der Waals surface area contributed by atoms with E-state index in [1.165, 1.54) is 6.08 Å². The van der Waals surface area contributed by atoms with Crippen molar-refractivity contribution in [3.8, 4) is 0 Å². The monoisotopic (exact) mass is 516 g/mol. The van der Waals surface area contributed by atoms with Gasteiger partial charge in [0.05, 0.1) is 0 Å². The van der Waals surface area contributed by atoms with Crippen molar-refractivity contribution in [2.45, 2.75) is 36.1 Å². The van der Waals surface area contributed by atoms with E-state index in [-0.39, 0.29) is 6.42 Å². The number of carboxylic acid groups (broad SMARTS) is 1. The van der Waals surface area contributed by atoms with Gasteiger partial charge >= 0.3 is 11.9 Å². The summed E-state index contributed by atoms with van der Waals surface area (Å²) in [6.07, 6.45) is 2.14. The number of carboxylic acids is 1. The number of carbonyl (C=O) groups is 2. The van der Waals surface area contributed by atoms with E-state index < -0.39 is 28.7 Å². The summed E-state index contributed by atoms with van der Waals surface area (Å²) in [4.78, 5) is 26.4. The van der Waals surface area contributed by atoms with Crippen LogP contribution in [-0.2, 0) is 38.3 Å². The number of cyclic esters (lactones) is 1. The number of benzene rings is 4. The molecular formula is C34H28O5. The van der Waals surface area contributed by atoms with Crippen LogP contribution in [0.1, 0.15) is 22.3 Å². The zero-order chi connectivity index (χ0) is 26.9. The molecule has 2 heterocycles. The van der Waals surface area contributed by atoms with E-state index in [4.69, 9.17) is 9.47 Å². The number of fused-ring (bicyclic) bond motifs is 1. The second-order valence-electron chi connectivity index (χ2n) is 10.2. The first-order valence-corrected chi connectivity index (χ1v) is 13.0. The van der Waals surface area contributed by atoms with Crippen molar-refractivity contribution >= 4 is 17.5 Å². The Morgan fingerprint density at radius 3 is 1.64 bits per heavy atom. The zero-order valence-electron chi connectivity index (χ0n) is 21.3. The van der Waals surface area contributed by atoms with E-state index >= 15 is 0 Å². The normalized spacial score (nSPS) is 25.5. The Bertz CT molecular complexity index is 1520. The summed E-state index contributed by atoms with van der Waals surface area (Å²) in [6.45, 7) is 0. The van der Waals surface area contributed by atoms with Crippen LogP contribution in [0.15, 0.2) is 127 Å². The molecule has 5 nitrogen and oxygen atoms in total. The molecule has 0 amide bonds. The molecule has 0 bridgehead atoms. The number of hydrogen-bond donors (Lipinski definition) is 1. The van der Waals surface area contributed by atoms with Gasteiger partial charge in [0.1, 0.15) is 0 Å². The first kappa shape index (κ1) is 24.8. The Balaban J connectivity index is 1.60. The molecule has 0 saturated carbocycles. The average molecular weight is 517 g/mol. The molecule has 1 N–H and O–H groups in total. The maximum absolute atomic E-state index is 14.0. The van der Waals surface area contributed by atoms with Crippen LogP contribution in [0.2, 0.25) is 0 Å². The highest BCUT2D eigenvalue weighted by atomic mass is 16.7. The molecule has 3 atom stereocenters. The fourth-order valence-electron chi connectivity index (χ4n) is 6.15. The predicted octanol–water partition coefficient (Wildman–Crippen LogP) is 5.69. The van der Waals surface area contributed by atoms with Crippen molar-refractivity contribution in [2.24, 2.45) is 0 Å². The Hall–Kier alpha value is -4.48. The van der Waals surface area contributed by atoms with Crippen LogP contribution in [0.3, 0.4) is 0 Å². The van der Waals surface area contributed by atoms with Gasteiger partial charge in [0.2, 0.25) is 5.60 Å². The van der Waals surface area contributed by atoms with Crippen molar-refractivity contribution < 1.29 is 24.2 Å². The van der Waals surface area contributed by atoms with Gasteiger partial charge < -0.3 is 14.6 Å². The molecule has 2 aliphatic rings. The third-order valence-corrected chi connectivity index (χ3v) is 7.88. The van der Waals surface area contributed by atoms with Crippen LogP contribution < -0.4 is 0 Å². The van der Waals surface area contributed by atoms with Gasteiger partial charge in [-0.2, -0.15) is 0 Å². The van der Waals surface area contributed by atoms with Crippen molar-refractivity contribution in [2.75, 3.05) is 0 Å². The van der Waals surface area contributed by atoms with Crippen molar-refractivity contribution in [3.05, 3.63) is 150 Å². The van der Waals surface area contributed by atoms with Crippen LogP contribution in [0.25, 0.3) is 5.57 Å². The standard InChI is InChI=1S/C34H28O5/c35-30(36)21-29(28-19-11-4-12-20-28)32(22-25-13-5-1-6-14-25)34(24-27-17-9-3-10-18-27)33(39-34,31(37)38-32)23-26-15-7-2-8-16-26/h1-21H,22-24H2,(H,35,36)/b29-21+/t32-,33+,34-/m0/s1. The Labute approximate surface area is 227 Å². The van der Waals surface area contributed by atoms with Gasteiger partial charge in [-0.1, -0.05) is 121 Å². The predicted molar refractivity (Wildman–Crippen MR) is 148 cm³/mol. The minimum atomic E-state index is -1.39. The summed E-state index contributed by atoms with van der Waals surface area (Å²) >= 11 is 0. The van der Waals surface area contributed by atoms with E-state index in [1.54, 1.807) is 0 Å². The summed E-state index contributed by atoms with van der Waals surface area (Å²) in [5.41, 5.74) is 0.131. The largest absolute Gasteiger partial charge is 0.478 e. The molecule has 2 saturated heterocycles. The van der Waals surface area contributed by atoms with Crippen LogP contribution in [-0.4, -0.2) is 33.8 Å². The molecule has 6 rings (SSSR count). The fourth-order valence-corrected chi connectivity index (χ4v) is 6.15. The highest BCUT2D eigenvalue weighted by molar-refractivity contribution is 5.99. The molecular weight excluding hydrogens is 488 g/mol. The van der Waals surface area contributed by atoms with Crippen molar-refractivity contribution in [1.29, 1.82) is 0 Å². The van der Waals surface area contributed by atoms with Gasteiger partial charge in [-0.3, -0.25) is 0 Å². The van der Waals surface area contributed by atoms with Crippen LogP contribution in [0.4, 0.5) is 0 Å². The van der Waals surface area contributed by atoms with Crippen molar-refractivity contribution in [1.82, 2.24) is 0 Å². The number of aliphatic carboxylic acids is 1. The molecule has 0 radical (unpaired) electrons. The highest BCUT2D eigenvalue weighted by Gasteiger charge is 2.89. The molecule has 0 unspecified atom stereocenters. The summed E-state index contributed by atoms with van der Waals surface area (Å²) in [5.74, 6) is -1.58. The second-order valence-corrected chi connectivity index (χ2v) is 10.2. The summed E-state index contributed by atoms with van der Waals surface area (Å²) in [5, 5.41) is 10.1. The summed E-state index contributed by atoms with van der Waals surface area (Å²) in [7, 11) is 0. The summed E-state index contributed by atoms with van der Waals surface area (Å²) < 4.78 is 13.2. The molecule has 4 aromatic rings. The molecule has 5 heteroatoms. The van der Waals surface area contributed by atoms with Crippen LogP contribution in [0, 0.1) is 0 Å². The minimum Gasteiger partial charge on any atom is -0.478 e. The van der Waals surface area contributed by atoms with Gasteiger partial charge in [0, 0.05) is 30.9 Å². The van der Waals surface area contributed by atoms with Gasteiger partial charge in [-0.05, 0) is 22.3 Å². The van der Waals surface area contributed by atoms with Gasteiger partial charge in [0.15, 0.2) is 11.2 Å². The lowest BCUT2D eigenvalue weighted by atomic mass is 9.67. The fraction of sp³-hybridized carbons (Fsp3) is 0.176. The molecule has 4 aromatic carbocycles. The lowest BCUT2D eigenvalue weighted by molar-refractivity contribution is -0.161. The summed E-state index contributed by atoms with van der Waals surface area (Å²) in [6, 6.07) is 38.6. The number of carbonyl (C=O) groups excluding carboxylic acids is 1. The second kappa shape index (κ2) is 9.68. The Kier molecular flexibility index (Phi) is 6.16. The molecule has 2 aliphatic heterocycles. The third-order valence-electron chi connectivity index (χ3n) is 7.88. The van der Waals surface area contributed by atoms with Crippen molar-refractivity contribution in [3.63, 3.8) is 0 Å². The van der Waals surface area contributed by atoms with E-state index in [1.807, 2.05) is 121 Å². The Morgan fingerprint density at radius 1 is 0.667 bits per heavy atom. The zero-order valence-corrected chi connectivity index (χ0v) is 21.3. The average Bonchev–Trinajstić information content (AvgIpc) is 3.57. The lowest BCUT2D eigenvalue weighted by Crippen LogP contribution is -2.50. The molecule has 0 spiro atoms. The molecule has 2 fully saturated rings. The maximum Gasteiger partial charge on any atom is 0.343 e. The van der Waals surface area contributed by atoms with Crippen LogP contribution in [0.5, 0.6) is 0 Å². The number of hydrogen-bond acceptors (Lipinski definition) is 4. The van der Waals surface area contributed by atoms with Gasteiger partial charge in [-0.25, -0.2) is 9.59 Å². The smallest absolute Gasteiger partial charge is 0.343 e. The SMILES string of the molecule is O=C(O)/C=C(\c1ccccc1)[C@]1(Cc2ccccc2)OC(=O)[C@@]2(Cc3ccccc3)O[C@@]12Cc1ccccc1. The van der Waals surface area contributed by atoms with E-state index in [0.717, 1.165) is 16.7 Å². The number of ether oxygens (including phenoxy) is 2. The first-order chi connectivity index (χ1) is 19.0. The number of rotatable bonds is 9. The molecule has 194 valence electrons. The molecule has 39 heavy (non-hydrogen) atoms. The lowest BCUT2D eigenvalue weighted by Gasteiger charge is -2.38. The molecule has 0 aliphatic carbocycles. The third kappa shape index (κ3) is 4.16. The number of epoxide rings is 1. The quantitative estimate of drug-likeness (QED) is 0.176. The maximum atomic E-state index is 14.0. The van der Waals surface area contributed by atoms with Gasteiger partial charge in [0.25, 0.3) is 0 Å². The first-order valence-electron chi connectivity index (χ1n) is 13.0. The van der Waals surface area contributed by atoms with Crippen LogP contribution >= 0.6 is 0 Å². The van der Waals surface area contributed by atoms with Gasteiger partial charge in [-0.15, -0.1) is 0 Å². The minimum absolute atomic E-state index is 0.261. The number of esters is 1. The van der Waals surface area contributed by atoms with E-state index in [2.05, 4.69) is 0 Å². The Morgan fingerprint density at radius 2 is 1.13 bits per heavy atom. The highest BCUT2D eigenvalue weighted by Crippen LogP contribution is 2.68. The van der Waals surface area contributed by atoms with E-state index in [9.17, 15) is 14.7 Å². The topological polar surface area (TPSA) is 76.1 Å². The molecule has 0 aromatic heterocycles. The van der Waals surface area contributed by atoms with E-state index in [0.29, 0.717) is 24.0 Å².